The SMILES string of the molecule is Cc1cc(C(=O)N2Cc3cnn(C)c3Nc3ccccc32)ccc1OCCCC1CCN(C(=O)OC(C)(C)C)CC1. The van der Waals surface area contributed by atoms with Gasteiger partial charge in [0.15, 0.2) is 0 Å². The fourth-order valence-electron chi connectivity index (χ4n) is 5.52. The molecule has 0 aliphatic carbocycles. The molecule has 1 N–H and O–H groups in total. The second-order valence-electron chi connectivity index (χ2n) is 12.1. The molecule has 0 radical (unpaired) electrons. The van der Waals surface area contributed by atoms with E-state index in [0.29, 0.717) is 24.6 Å². The van der Waals surface area contributed by atoms with Gasteiger partial charge in [-0.2, -0.15) is 5.10 Å². The maximum atomic E-state index is 13.8. The Morgan fingerprint density at radius 3 is 2.59 bits per heavy atom. The number of hydrogen-bond donors (Lipinski definition) is 1. The van der Waals surface area contributed by atoms with E-state index in [9.17, 15) is 9.59 Å². The number of hydrogen-bond acceptors (Lipinski definition) is 6. The number of nitrogens with zero attached hydrogens (tertiary/aromatic N) is 4. The molecule has 1 saturated heterocycles. The third-order valence-electron chi connectivity index (χ3n) is 7.74. The highest BCUT2D eigenvalue weighted by Gasteiger charge is 2.28. The monoisotopic (exact) mass is 559 g/mol. The Hall–Kier alpha value is -4.01. The van der Waals surface area contributed by atoms with Crippen LogP contribution in [0.3, 0.4) is 0 Å². The first-order chi connectivity index (χ1) is 19.6. The third kappa shape index (κ3) is 6.66. The van der Waals surface area contributed by atoms with Gasteiger partial charge in [0.2, 0.25) is 0 Å². The van der Waals surface area contributed by atoms with Crippen LogP contribution in [0, 0.1) is 12.8 Å². The van der Waals surface area contributed by atoms with Crippen molar-refractivity contribution < 1.29 is 19.1 Å². The molecule has 1 fully saturated rings. The van der Waals surface area contributed by atoms with Crippen LogP contribution in [-0.4, -0.2) is 52.0 Å². The Kier molecular flexibility index (Phi) is 8.24. The zero-order valence-corrected chi connectivity index (χ0v) is 24.8. The highest BCUT2D eigenvalue weighted by molar-refractivity contribution is 6.08. The van der Waals surface area contributed by atoms with Gasteiger partial charge >= 0.3 is 6.09 Å². The van der Waals surface area contributed by atoms with Crippen molar-refractivity contribution in [1.82, 2.24) is 14.7 Å². The predicted molar refractivity (Wildman–Crippen MR) is 160 cm³/mol. The summed E-state index contributed by atoms with van der Waals surface area (Å²) < 4.78 is 13.4. The number of ether oxygens (including phenoxy) is 2. The summed E-state index contributed by atoms with van der Waals surface area (Å²) in [5.74, 6) is 2.21. The minimum absolute atomic E-state index is 0.0664. The van der Waals surface area contributed by atoms with Gasteiger partial charge in [0.1, 0.15) is 17.2 Å². The van der Waals surface area contributed by atoms with E-state index in [4.69, 9.17) is 9.47 Å². The number of aryl methyl sites for hydroxylation is 2. The standard InChI is InChI=1S/C32H41N5O4/c1-22-19-24(30(38)37-21-25-20-33-35(5)29(25)34-26-10-6-7-11-27(26)37)12-13-28(22)40-18-8-9-23-14-16-36(17-15-23)31(39)41-32(2,3)4/h6-7,10-13,19-20,23,34H,8-9,14-18,21H2,1-5H3. The fraction of sp³-hybridized carbons (Fsp3) is 0.469. The van der Waals surface area contributed by atoms with Crippen LogP contribution in [0.2, 0.25) is 0 Å². The van der Waals surface area contributed by atoms with Gasteiger partial charge in [-0.3, -0.25) is 9.48 Å². The average molecular weight is 560 g/mol. The lowest BCUT2D eigenvalue weighted by Crippen LogP contribution is -2.41. The van der Waals surface area contributed by atoms with Gasteiger partial charge in [0.05, 0.1) is 30.7 Å². The first kappa shape index (κ1) is 28.5. The van der Waals surface area contributed by atoms with E-state index in [1.807, 2.05) is 82.1 Å². The number of aromatic nitrogens is 2. The van der Waals surface area contributed by atoms with Crippen LogP contribution in [0.25, 0.3) is 0 Å². The molecule has 3 heterocycles. The number of para-hydroxylation sites is 2. The first-order valence-corrected chi connectivity index (χ1v) is 14.5. The van der Waals surface area contributed by atoms with Gasteiger partial charge in [-0.05, 0) is 95.2 Å². The average Bonchev–Trinajstić information content (AvgIpc) is 3.18. The zero-order valence-electron chi connectivity index (χ0n) is 24.8. The Morgan fingerprint density at radius 2 is 1.85 bits per heavy atom. The van der Waals surface area contributed by atoms with Crippen LogP contribution in [0.1, 0.15) is 67.9 Å². The Balaban J connectivity index is 1.15. The van der Waals surface area contributed by atoms with Crippen LogP contribution in [0.4, 0.5) is 22.0 Å². The van der Waals surface area contributed by atoms with E-state index in [-0.39, 0.29) is 12.0 Å². The van der Waals surface area contributed by atoms with Crippen molar-refractivity contribution >= 4 is 29.2 Å². The van der Waals surface area contributed by atoms with Crippen LogP contribution in [-0.2, 0) is 18.3 Å². The smallest absolute Gasteiger partial charge is 0.410 e. The molecular formula is C32H41N5O4. The Labute approximate surface area is 242 Å². The number of likely N-dealkylation sites (tertiary alicyclic amines) is 1. The highest BCUT2D eigenvalue weighted by atomic mass is 16.6. The minimum atomic E-state index is -0.464. The molecule has 2 aliphatic rings. The summed E-state index contributed by atoms with van der Waals surface area (Å²) in [7, 11) is 1.89. The molecule has 2 aliphatic heterocycles. The van der Waals surface area contributed by atoms with Crippen molar-refractivity contribution in [1.29, 1.82) is 0 Å². The van der Waals surface area contributed by atoms with Crippen molar-refractivity contribution in [3.8, 4) is 5.75 Å². The number of nitrogens with one attached hydrogen (secondary N) is 1. The molecule has 218 valence electrons. The molecule has 9 nitrogen and oxygen atoms in total. The van der Waals surface area contributed by atoms with Crippen LogP contribution >= 0.6 is 0 Å². The number of anilines is 3. The van der Waals surface area contributed by atoms with E-state index in [2.05, 4.69) is 10.4 Å². The van der Waals surface area contributed by atoms with Crippen LogP contribution in [0.15, 0.2) is 48.7 Å². The van der Waals surface area contributed by atoms with Crippen LogP contribution < -0.4 is 15.0 Å². The second-order valence-corrected chi connectivity index (χ2v) is 12.1. The Bertz CT molecular complexity index is 1400. The highest BCUT2D eigenvalue weighted by Crippen LogP contribution is 2.36. The van der Waals surface area contributed by atoms with E-state index >= 15 is 0 Å². The summed E-state index contributed by atoms with van der Waals surface area (Å²) >= 11 is 0. The van der Waals surface area contributed by atoms with E-state index in [0.717, 1.165) is 72.8 Å². The molecule has 2 amide bonds. The quantitative estimate of drug-likeness (QED) is 0.350. The van der Waals surface area contributed by atoms with Crippen molar-refractivity contribution in [3.05, 3.63) is 65.4 Å². The maximum Gasteiger partial charge on any atom is 0.410 e. The molecule has 0 saturated carbocycles. The Morgan fingerprint density at radius 1 is 1.10 bits per heavy atom. The molecule has 9 heteroatoms. The number of benzene rings is 2. The molecule has 5 rings (SSSR count). The summed E-state index contributed by atoms with van der Waals surface area (Å²) in [5, 5.41) is 7.81. The molecule has 0 unspecified atom stereocenters. The van der Waals surface area contributed by atoms with Crippen molar-refractivity contribution in [2.24, 2.45) is 13.0 Å². The van der Waals surface area contributed by atoms with E-state index in [1.165, 1.54) is 0 Å². The van der Waals surface area contributed by atoms with Crippen molar-refractivity contribution in [2.45, 2.75) is 65.5 Å². The van der Waals surface area contributed by atoms with E-state index < -0.39 is 5.60 Å². The topological polar surface area (TPSA) is 88.9 Å². The molecule has 2 aromatic carbocycles. The summed E-state index contributed by atoms with van der Waals surface area (Å²) in [4.78, 5) is 29.7. The number of carbonyl (C=O) groups excluding carboxylic acids is 2. The maximum absolute atomic E-state index is 13.8. The van der Waals surface area contributed by atoms with Gasteiger partial charge in [-0.15, -0.1) is 0 Å². The van der Waals surface area contributed by atoms with Gasteiger partial charge in [0, 0.05) is 31.3 Å². The molecule has 41 heavy (non-hydrogen) atoms. The molecule has 0 spiro atoms. The normalized spacial score (nSPS) is 15.4. The number of amides is 2. The number of rotatable bonds is 6. The predicted octanol–water partition coefficient (Wildman–Crippen LogP) is 6.44. The first-order valence-electron chi connectivity index (χ1n) is 14.5. The minimum Gasteiger partial charge on any atom is -0.493 e. The third-order valence-corrected chi connectivity index (χ3v) is 7.74. The lowest BCUT2D eigenvalue weighted by molar-refractivity contribution is 0.0179. The van der Waals surface area contributed by atoms with E-state index in [1.54, 1.807) is 15.8 Å². The number of carbonyl (C=O) groups is 2. The van der Waals surface area contributed by atoms with Crippen LogP contribution in [0.5, 0.6) is 5.75 Å². The summed E-state index contributed by atoms with van der Waals surface area (Å²) in [6.07, 6.45) is 5.59. The summed E-state index contributed by atoms with van der Waals surface area (Å²) in [6.45, 7) is 10.2. The second kappa shape index (κ2) is 11.8. The summed E-state index contributed by atoms with van der Waals surface area (Å²) in [6, 6.07) is 13.5. The summed E-state index contributed by atoms with van der Waals surface area (Å²) in [5.41, 5.74) is 3.76. The van der Waals surface area contributed by atoms with Gasteiger partial charge in [0.25, 0.3) is 5.91 Å². The molecule has 3 aromatic rings. The molecule has 0 bridgehead atoms. The van der Waals surface area contributed by atoms with Crippen molar-refractivity contribution in [2.75, 3.05) is 29.9 Å². The molecule has 0 atom stereocenters. The molecular weight excluding hydrogens is 518 g/mol. The lowest BCUT2D eigenvalue weighted by atomic mass is 9.92. The molecule has 1 aromatic heterocycles. The van der Waals surface area contributed by atoms with Gasteiger partial charge < -0.3 is 24.6 Å². The van der Waals surface area contributed by atoms with Gasteiger partial charge in [-0.25, -0.2) is 4.79 Å². The fourth-order valence-corrected chi connectivity index (χ4v) is 5.52. The number of piperidine rings is 1. The van der Waals surface area contributed by atoms with Gasteiger partial charge in [-0.1, -0.05) is 12.1 Å². The largest absolute Gasteiger partial charge is 0.493 e. The number of fused-ring (bicyclic) bond motifs is 2. The lowest BCUT2D eigenvalue weighted by Gasteiger charge is -2.33. The zero-order chi connectivity index (χ0) is 29.1. The van der Waals surface area contributed by atoms with Crippen molar-refractivity contribution in [3.63, 3.8) is 0 Å².